The van der Waals surface area contributed by atoms with Crippen molar-refractivity contribution < 1.29 is 24.5 Å². The van der Waals surface area contributed by atoms with Gasteiger partial charge in [0.15, 0.2) is 0 Å². The third-order valence-corrected chi connectivity index (χ3v) is 16.1. The lowest BCUT2D eigenvalue weighted by Gasteiger charge is -2.22. The van der Waals surface area contributed by atoms with E-state index >= 15 is 0 Å². The summed E-state index contributed by atoms with van der Waals surface area (Å²) in [7, 11) is 0. The molecule has 0 fully saturated rings. The van der Waals surface area contributed by atoms with Crippen LogP contribution in [0.2, 0.25) is 0 Å². The average molecular weight is 1040 g/mol. The second-order valence-electron chi connectivity index (χ2n) is 23.5. The molecule has 0 aromatic rings. The van der Waals surface area contributed by atoms with Crippen LogP contribution in [0.4, 0.5) is 0 Å². The number of carbonyl (C=O) groups excluding carboxylic acids is 2. The maximum atomic E-state index is 12.5. The van der Waals surface area contributed by atoms with Crippen molar-refractivity contribution in [2.75, 3.05) is 13.2 Å². The Bertz CT molecular complexity index is 1110. The van der Waals surface area contributed by atoms with Crippen LogP contribution >= 0.6 is 0 Å². The van der Waals surface area contributed by atoms with Gasteiger partial charge in [0, 0.05) is 12.8 Å². The minimum absolute atomic E-state index is 0.0189. The molecule has 2 atom stereocenters. The molecular formula is C68H133NO5. The van der Waals surface area contributed by atoms with Gasteiger partial charge in [-0.3, -0.25) is 9.59 Å². The van der Waals surface area contributed by atoms with E-state index in [2.05, 4.69) is 31.3 Å². The molecule has 0 heterocycles. The van der Waals surface area contributed by atoms with Crippen molar-refractivity contribution in [1.82, 2.24) is 5.32 Å². The maximum Gasteiger partial charge on any atom is 0.305 e. The summed E-state index contributed by atoms with van der Waals surface area (Å²) < 4.78 is 5.49. The molecule has 0 aromatic heterocycles. The second kappa shape index (κ2) is 64.1. The summed E-state index contributed by atoms with van der Waals surface area (Å²) in [6, 6.07) is -0.540. The molecule has 0 aliphatic carbocycles. The molecule has 0 radical (unpaired) electrons. The molecule has 3 N–H and O–H groups in total. The highest BCUT2D eigenvalue weighted by molar-refractivity contribution is 5.76. The molecule has 6 nitrogen and oxygen atoms in total. The summed E-state index contributed by atoms with van der Waals surface area (Å²) in [5.74, 6) is -0.0129. The van der Waals surface area contributed by atoms with Crippen LogP contribution in [0.25, 0.3) is 0 Å². The molecule has 2 unspecified atom stereocenters. The Kier molecular flexibility index (Phi) is 62.9. The largest absolute Gasteiger partial charge is 0.466 e. The summed E-state index contributed by atoms with van der Waals surface area (Å²) in [6.45, 7) is 4.99. The molecule has 0 aliphatic heterocycles. The summed E-state index contributed by atoms with van der Waals surface area (Å²) >= 11 is 0. The smallest absolute Gasteiger partial charge is 0.305 e. The van der Waals surface area contributed by atoms with Crippen molar-refractivity contribution in [3.8, 4) is 0 Å². The number of rotatable bonds is 64. The van der Waals surface area contributed by atoms with Crippen LogP contribution in [0.1, 0.15) is 386 Å². The van der Waals surface area contributed by atoms with Gasteiger partial charge in [0.1, 0.15) is 0 Å². The van der Waals surface area contributed by atoms with E-state index in [1.54, 1.807) is 0 Å². The summed E-state index contributed by atoms with van der Waals surface area (Å²) in [5, 5.41) is 23.3. The van der Waals surface area contributed by atoms with Crippen molar-refractivity contribution in [3.63, 3.8) is 0 Å². The molecule has 6 heteroatoms. The van der Waals surface area contributed by atoms with Gasteiger partial charge in [0.2, 0.25) is 5.91 Å². The van der Waals surface area contributed by atoms with Crippen molar-refractivity contribution in [1.29, 1.82) is 0 Å². The minimum Gasteiger partial charge on any atom is -0.466 e. The van der Waals surface area contributed by atoms with Gasteiger partial charge in [0.05, 0.1) is 25.4 Å². The van der Waals surface area contributed by atoms with Gasteiger partial charge in [-0.15, -0.1) is 0 Å². The molecule has 0 rings (SSSR count). The molecule has 0 aliphatic rings. The van der Waals surface area contributed by atoms with Gasteiger partial charge in [-0.2, -0.15) is 0 Å². The lowest BCUT2D eigenvalue weighted by atomic mass is 10.0. The van der Waals surface area contributed by atoms with E-state index in [0.717, 1.165) is 38.5 Å². The molecule has 1 amide bonds. The number of hydrogen-bond donors (Lipinski definition) is 3. The zero-order valence-electron chi connectivity index (χ0n) is 50.4. The van der Waals surface area contributed by atoms with Crippen LogP contribution in [0, 0.1) is 0 Å². The standard InChI is InChI=1S/C68H133NO5/c1-3-5-7-9-11-13-15-17-33-36-40-44-48-52-56-60-66(71)65(64-70)69-67(72)61-57-53-49-45-41-37-34-31-29-27-25-23-21-19-20-22-24-26-28-30-32-35-39-43-47-51-55-59-63-74-68(73)62-58-54-50-46-42-38-18-16-14-12-10-8-6-4-2/h19-20,65-66,70-71H,3-18,21-64H2,1-2H3,(H,69,72)/b20-19-. The summed E-state index contributed by atoms with van der Waals surface area (Å²) in [6.07, 6.45) is 78.2. The Labute approximate surface area is 463 Å². The number of amides is 1. The van der Waals surface area contributed by atoms with E-state index in [1.165, 1.54) is 315 Å². The van der Waals surface area contributed by atoms with E-state index < -0.39 is 12.1 Å². The monoisotopic (exact) mass is 1040 g/mol. The zero-order valence-corrected chi connectivity index (χ0v) is 50.4. The van der Waals surface area contributed by atoms with Crippen LogP contribution in [-0.2, 0) is 14.3 Å². The molecule has 74 heavy (non-hydrogen) atoms. The Hall–Kier alpha value is -1.40. The topological polar surface area (TPSA) is 95.9 Å². The number of unbranched alkanes of at least 4 members (excludes halogenated alkanes) is 51. The van der Waals surface area contributed by atoms with Gasteiger partial charge in [-0.1, -0.05) is 334 Å². The predicted molar refractivity (Wildman–Crippen MR) is 324 cm³/mol. The highest BCUT2D eigenvalue weighted by atomic mass is 16.5. The fraction of sp³-hybridized carbons (Fsp3) is 0.941. The number of aliphatic hydroxyl groups excluding tert-OH is 2. The van der Waals surface area contributed by atoms with E-state index in [4.69, 9.17) is 4.74 Å². The first-order valence-electron chi connectivity index (χ1n) is 33.9. The van der Waals surface area contributed by atoms with Crippen LogP contribution in [0.5, 0.6) is 0 Å². The van der Waals surface area contributed by atoms with Crippen LogP contribution in [0.15, 0.2) is 12.2 Å². The number of aliphatic hydroxyl groups is 2. The quantitative estimate of drug-likeness (QED) is 0.0320. The van der Waals surface area contributed by atoms with Crippen LogP contribution < -0.4 is 5.32 Å². The first kappa shape index (κ1) is 72.6. The van der Waals surface area contributed by atoms with Crippen molar-refractivity contribution >= 4 is 11.9 Å². The van der Waals surface area contributed by atoms with E-state index in [-0.39, 0.29) is 18.5 Å². The van der Waals surface area contributed by atoms with Crippen molar-refractivity contribution in [2.45, 2.75) is 398 Å². The lowest BCUT2D eigenvalue weighted by Crippen LogP contribution is -2.45. The number of esters is 1. The van der Waals surface area contributed by atoms with Gasteiger partial charge in [-0.25, -0.2) is 0 Å². The second-order valence-corrected chi connectivity index (χ2v) is 23.5. The maximum absolute atomic E-state index is 12.5. The number of nitrogens with one attached hydrogen (secondary N) is 1. The molecule has 0 aromatic carbocycles. The Balaban J connectivity index is 3.36. The summed E-state index contributed by atoms with van der Waals surface area (Å²) in [5.41, 5.74) is 0. The average Bonchev–Trinajstić information content (AvgIpc) is 3.40. The Morgan fingerprint density at radius 3 is 0.959 bits per heavy atom. The van der Waals surface area contributed by atoms with Gasteiger partial charge < -0.3 is 20.3 Å². The highest BCUT2D eigenvalue weighted by Crippen LogP contribution is 2.19. The van der Waals surface area contributed by atoms with Crippen LogP contribution in [0.3, 0.4) is 0 Å². The Morgan fingerprint density at radius 1 is 0.365 bits per heavy atom. The molecule has 0 saturated carbocycles. The molecular weight excluding hydrogens is 911 g/mol. The molecule has 0 spiro atoms. The van der Waals surface area contributed by atoms with E-state index in [1.807, 2.05) is 0 Å². The first-order chi connectivity index (χ1) is 36.5. The number of ether oxygens (including phenoxy) is 1. The normalized spacial score (nSPS) is 12.5. The number of allylic oxidation sites excluding steroid dienone is 2. The minimum atomic E-state index is -0.663. The number of hydrogen-bond acceptors (Lipinski definition) is 5. The van der Waals surface area contributed by atoms with Crippen LogP contribution in [-0.4, -0.2) is 47.4 Å². The van der Waals surface area contributed by atoms with Crippen molar-refractivity contribution in [2.24, 2.45) is 0 Å². The Morgan fingerprint density at radius 2 is 0.635 bits per heavy atom. The third-order valence-electron chi connectivity index (χ3n) is 16.1. The van der Waals surface area contributed by atoms with E-state index in [0.29, 0.717) is 25.9 Å². The summed E-state index contributed by atoms with van der Waals surface area (Å²) in [4.78, 5) is 24.6. The van der Waals surface area contributed by atoms with Gasteiger partial charge >= 0.3 is 5.97 Å². The zero-order chi connectivity index (χ0) is 53.6. The fourth-order valence-electron chi connectivity index (χ4n) is 10.9. The lowest BCUT2D eigenvalue weighted by molar-refractivity contribution is -0.143. The van der Waals surface area contributed by atoms with E-state index in [9.17, 15) is 19.8 Å². The molecule has 0 saturated heterocycles. The SMILES string of the molecule is CCCCCCCCCCCCCCCCCC(O)C(CO)NC(=O)CCCCCCCCCCCCCC/C=C\CCCCCCCCCCCCCCOC(=O)CCCCCCCCCCCCCCCC. The van der Waals surface area contributed by atoms with Gasteiger partial charge in [-0.05, 0) is 51.4 Å². The third kappa shape index (κ3) is 59.8. The molecule has 0 bridgehead atoms. The van der Waals surface area contributed by atoms with Crippen molar-refractivity contribution in [3.05, 3.63) is 12.2 Å². The number of carbonyl (C=O) groups is 2. The molecule has 440 valence electrons. The predicted octanol–water partition coefficient (Wildman–Crippen LogP) is 21.6. The fourth-order valence-corrected chi connectivity index (χ4v) is 10.9. The van der Waals surface area contributed by atoms with Gasteiger partial charge in [0.25, 0.3) is 0 Å². The first-order valence-corrected chi connectivity index (χ1v) is 33.9. The highest BCUT2D eigenvalue weighted by Gasteiger charge is 2.20.